The molecule has 0 saturated heterocycles. The first-order valence-electron chi connectivity index (χ1n) is 10.6. The Morgan fingerprint density at radius 2 is 1.52 bits per heavy atom. The van der Waals surface area contributed by atoms with Crippen molar-refractivity contribution in [2.45, 2.75) is 0 Å². The molecule has 0 aliphatic rings. The van der Waals surface area contributed by atoms with Gasteiger partial charge in [0.05, 0.1) is 18.2 Å². The number of methoxy groups -OCH3 is 1. The zero-order valence-electron chi connectivity index (χ0n) is 18.0. The van der Waals surface area contributed by atoms with Crippen molar-refractivity contribution in [2.24, 2.45) is 4.99 Å². The highest BCUT2D eigenvalue weighted by Gasteiger charge is 2.08. The van der Waals surface area contributed by atoms with Crippen molar-refractivity contribution in [1.29, 1.82) is 0 Å². The number of para-hydroxylation sites is 1. The van der Waals surface area contributed by atoms with Crippen LogP contribution in [0, 0.1) is 0 Å². The van der Waals surface area contributed by atoms with Crippen LogP contribution in [0.1, 0.15) is 0 Å². The van der Waals surface area contributed by atoms with Gasteiger partial charge in [-0.3, -0.25) is 0 Å². The highest BCUT2D eigenvalue weighted by molar-refractivity contribution is 5.80. The molecule has 33 heavy (non-hydrogen) atoms. The summed E-state index contributed by atoms with van der Waals surface area (Å²) in [6.07, 6.45) is 0. The first-order chi connectivity index (χ1) is 16.2. The second-order valence-corrected chi connectivity index (χ2v) is 7.55. The van der Waals surface area contributed by atoms with Crippen LogP contribution >= 0.6 is 0 Å². The molecule has 1 heterocycles. The predicted molar refractivity (Wildman–Crippen MR) is 131 cm³/mol. The number of hydrogen-bond donors (Lipinski definition) is 2. The normalized spacial score (nSPS) is 11.5. The Labute approximate surface area is 191 Å². The fourth-order valence-corrected chi connectivity index (χ4v) is 3.59. The molecule has 0 aliphatic heterocycles. The monoisotopic (exact) mass is 434 g/mol. The number of phenolic OH excluding ortho intramolecular Hbond substituents is 1. The van der Waals surface area contributed by atoms with Crippen LogP contribution in [0.15, 0.2) is 113 Å². The van der Waals surface area contributed by atoms with E-state index in [0.29, 0.717) is 16.7 Å². The highest BCUT2D eigenvalue weighted by Crippen LogP contribution is 2.27. The summed E-state index contributed by atoms with van der Waals surface area (Å²) in [6, 6.07) is 32.5. The van der Waals surface area contributed by atoms with Gasteiger partial charge in [-0.1, -0.05) is 18.2 Å². The minimum absolute atomic E-state index is 0.161. The van der Waals surface area contributed by atoms with Crippen LogP contribution in [0.3, 0.4) is 0 Å². The number of hydrogen-bond acceptors (Lipinski definition) is 5. The quantitative estimate of drug-likeness (QED) is 0.320. The molecular weight excluding hydrogens is 412 g/mol. The summed E-state index contributed by atoms with van der Waals surface area (Å²) < 4.78 is 11.4. The standard InChI is InChI=1S/C28H22N2O3/c1-32-24-14-7-19(8-15-24)28-18-26(25-17-23(31)13-16-27(25)33-28)30-22-11-9-21(10-12-22)29-20-5-3-2-4-6-20/h2-18,29,31H,1H3. The minimum Gasteiger partial charge on any atom is -0.508 e. The molecule has 0 atom stereocenters. The maximum Gasteiger partial charge on any atom is 0.137 e. The van der Waals surface area contributed by atoms with E-state index in [1.165, 1.54) is 0 Å². The van der Waals surface area contributed by atoms with Crippen molar-refractivity contribution in [1.82, 2.24) is 0 Å². The maximum absolute atomic E-state index is 10.0. The largest absolute Gasteiger partial charge is 0.508 e. The number of fused-ring (bicyclic) bond motifs is 1. The molecule has 162 valence electrons. The molecule has 0 amide bonds. The van der Waals surface area contributed by atoms with Crippen molar-refractivity contribution in [3.63, 3.8) is 0 Å². The lowest BCUT2D eigenvalue weighted by Crippen LogP contribution is -2.03. The molecule has 5 heteroatoms. The summed E-state index contributed by atoms with van der Waals surface area (Å²) in [4.78, 5) is 4.85. The van der Waals surface area contributed by atoms with Crippen LogP contribution in [0.2, 0.25) is 0 Å². The van der Waals surface area contributed by atoms with Crippen LogP contribution in [0.5, 0.6) is 11.5 Å². The third-order valence-electron chi connectivity index (χ3n) is 5.28. The number of ether oxygens (including phenoxy) is 1. The van der Waals surface area contributed by atoms with Gasteiger partial charge in [-0.2, -0.15) is 0 Å². The van der Waals surface area contributed by atoms with E-state index in [4.69, 9.17) is 14.1 Å². The van der Waals surface area contributed by atoms with E-state index in [2.05, 4.69) is 5.32 Å². The molecule has 4 aromatic carbocycles. The van der Waals surface area contributed by atoms with E-state index in [9.17, 15) is 5.11 Å². The topological polar surface area (TPSA) is 67.0 Å². The number of anilines is 2. The van der Waals surface area contributed by atoms with Crippen molar-refractivity contribution < 1.29 is 14.3 Å². The number of benzene rings is 4. The maximum atomic E-state index is 10.0. The van der Waals surface area contributed by atoms with Gasteiger partial charge in [-0.15, -0.1) is 0 Å². The average Bonchev–Trinajstić information content (AvgIpc) is 2.86. The van der Waals surface area contributed by atoms with Gasteiger partial charge in [0, 0.05) is 28.4 Å². The van der Waals surface area contributed by atoms with E-state index < -0.39 is 0 Å². The Morgan fingerprint density at radius 1 is 0.788 bits per heavy atom. The molecule has 5 nitrogen and oxygen atoms in total. The van der Waals surface area contributed by atoms with E-state index in [1.54, 1.807) is 25.3 Å². The van der Waals surface area contributed by atoms with Crippen LogP contribution in [0.25, 0.3) is 22.3 Å². The zero-order valence-corrected chi connectivity index (χ0v) is 18.0. The Balaban J connectivity index is 1.56. The van der Waals surface area contributed by atoms with Crippen molar-refractivity contribution in [2.75, 3.05) is 12.4 Å². The van der Waals surface area contributed by atoms with Crippen molar-refractivity contribution in [3.8, 4) is 22.8 Å². The molecule has 0 fully saturated rings. The molecule has 0 radical (unpaired) electrons. The number of nitrogens with zero attached hydrogens (tertiary/aromatic N) is 1. The van der Waals surface area contributed by atoms with Gasteiger partial charge in [-0.25, -0.2) is 4.99 Å². The zero-order chi connectivity index (χ0) is 22.6. The number of nitrogens with one attached hydrogen (secondary N) is 1. The third kappa shape index (κ3) is 4.57. The van der Waals surface area contributed by atoms with Gasteiger partial charge >= 0.3 is 0 Å². The molecule has 2 N–H and O–H groups in total. The van der Waals surface area contributed by atoms with Gasteiger partial charge in [0.25, 0.3) is 0 Å². The molecule has 0 bridgehead atoms. The Bertz CT molecular complexity index is 1460. The van der Waals surface area contributed by atoms with Gasteiger partial charge in [0.2, 0.25) is 0 Å². The first kappa shape index (κ1) is 20.4. The lowest BCUT2D eigenvalue weighted by atomic mass is 10.1. The summed E-state index contributed by atoms with van der Waals surface area (Å²) in [5, 5.41) is 14.9. The highest BCUT2D eigenvalue weighted by atomic mass is 16.5. The molecule has 5 aromatic rings. The molecular formula is C28H22N2O3. The molecule has 0 unspecified atom stereocenters. The van der Waals surface area contributed by atoms with Crippen molar-refractivity contribution >= 4 is 28.0 Å². The molecule has 1 aromatic heterocycles. The van der Waals surface area contributed by atoms with Gasteiger partial charge in [0.1, 0.15) is 22.8 Å². The van der Waals surface area contributed by atoms with E-state index in [-0.39, 0.29) is 5.75 Å². The summed E-state index contributed by atoms with van der Waals surface area (Å²) in [7, 11) is 1.64. The second kappa shape index (κ2) is 8.93. The molecule has 0 spiro atoms. The average molecular weight is 434 g/mol. The lowest BCUT2D eigenvalue weighted by Gasteiger charge is -2.07. The van der Waals surface area contributed by atoms with Crippen LogP contribution in [-0.2, 0) is 0 Å². The van der Waals surface area contributed by atoms with E-state index in [0.717, 1.165) is 33.8 Å². The number of rotatable bonds is 5. The second-order valence-electron chi connectivity index (χ2n) is 7.55. The van der Waals surface area contributed by atoms with Gasteiger partial charge in [0.15, 0.2) is 0 Å². The van der Waals surface area contributed by atoms with E-state index in [1.807, 2.05) is 84.9 Å². The number of aromatic hydroxyl groups is 1. The van der Waals surface area contributed by atoms with Crippen LogP contribution < -0.4 is 15.4 Å². The Morgan fingerprint density at radius 3 is 2.24 bits per heavy atom. The summed E-state index contributed by atoms with van der Waals surface area (Å²) in [5.41, 5.74) is 4.35. The summed E-state index contributed by atoms with van der Waals surface area (Å²) in [6.45, 7) is 0. The van der Waals surface area contributed by atoms with Crippen molar-refractivity contribution in [3.05, 3.63) is 108 Å². The Kier molecular flexibility index (Phi) is 5.52. The van der Waals surface area contributed by atoms with Crippen LogP contribution in [-0.4, -0.2) is 12.2 Å². The molecule has 0 saturated carbocycles. The Hall–Kier alpha value is -4.51. The van der Waals surface area contributed by atoms with Gasteiger partial charge < -0.3 is 19.6 Å². The first-order valence-corrected chi connectivity index (χ1v) is 10.6. The summed E-state index contributed by atoms with van der Waals surface area (Å²) >= 11 is 0. The molecule has 0 aliphatic carbocycles. The summed E-state index contributed by atoms with van der Waals surface area (Å²) in [5.74, 6) is 1.62. The third-order valence-corrected chi connectivity index (χ3v) is 5.28. The van der Waals surface area contributed by atoms with Gasteiger partial charge in [-0.05, 0) is 78.9 Å². The van der Waals surface area contributed by atoms with E-state index >= 15 is 0 Å². The smallest absolute Gasteiger partial charge is 0.137 e. The SMILES string of the molecule is COc1ccc(-c2cc(=Nc3ccc(Nc4ccccc4)cc3)c3cc(O)ccc3o2)cc1. The fraction of sp³-hybridized carbons (Fsp3) is 0.0357. The van der Waals surface area contributed by atoms with Crippen LogP contribution in [0.4, 0.5) is 17.1 Å². The number of phenols is 1. The molecule has 5 rings (SSSR count). The predicted octanol–water partition coefficient (Wildman–Crippen LogP) is 6.79. The fourth-order valence-electron chi connectivity index (χ4n) is 3.59. The minimum atomic E-state index is 0.161. The lowest BCUT2D eigenvalue weighted by molar-refractivity contribution is 0.415.